The average Bonchev–Trinajstić information content (AvgIpc) is 2.60. The lowest BCUT2D eigenvalue weighted by atomic mass is 9.76. The minimum Gasteiger partial charge on any atom is -0.487 e. The molecule has 1 spiro atoms. The molecule has 2 unspecified atom stereocenters. The maximum Gasteiger partial charge on any atom is 0.409 e. The van der Waals surface area contributed by atoms with Crippen molar-refractivity contribution in [2.45, 2.75) is 68.5 Å². The molecular formula is C21H30BrNO3S. The van der Waals surface area contributed by atoms with E-state index in [-0.39, 0.29) is 16.4 Å². The van der Waals surface area contributed by atoms with Crippen molar-refractivity contribution in [2.75, 3.05) is 20.2 Å². The summed E-state index contributed by atoms with van der Waals surface area (Å²) in [5, 5.41) is 0.484. The van der Waals surface area contributed by atoms with E-state index in [2.05, 4.69) is 61.8 Å². The van der Waals surface area contributed by atoms with Gasteiger partial charge in [-0.2, -0.15) is 11.8 Å². The first-order valence-corrected chi connectivity index (χ1v) is 11.3. The van der Waals surface area contributed by atoms with E-state index in [9.17, 15) is 4.79 Å². The van der Waals surface area contributed by atoms with E-state index in [0.29, 0.717) is 24.3 Å². The molecule has 0 N–H and O–H groups in total. The Morgan fingerprint density at radius 2 is 2.04 bits per heavy atom. The van der Waals surface area contributed by atoms with Gasteiger partial charge in [-0.3, -0.25) is 0 Å². The van der Waals surface area contributed by atoms with Crippen LogP contribution in [0.5, 0.6) is 5.75 Å². The van der Waals surface area contributed by atoms with E-state index in [0.717, 1.165) is 29.5 Å². The maximum atomic E-state index is 11.9. The summed E-state index contributed by atoms with van der Waals surface area (Å²) >= 11 is 5.66. The molecule has 150 valence electrons. The third-order valence-corrected chi connectivity index (χ3v) is 7.40. The summed E-state index contributed by atoms with van der Waals surface area (Å²) in [6, 6.07) is 6.37. The number of benzene rings is 1. The zero-order valence-corrected chi connectivity index (χ0v) is 19.3. The quantitative estimate of drug-likeness (QED) is 0.561. The second-order valence-corrected chi connectivity index (χ2v) is 11.8. The van der Waals surface area contributed by atoms with Crippen molar-refractivity contribution < 1.29 is 14.3 Å². The van der Waals surface area contributed by atoms with Gasteiger partial charge in [0.1, 0.15) is 11.4 Å². The van der Waals surface area contributed by atoms with Crippen molar-refractivity contribution >= 4 is 33.8 Å². The Morgan fingerprint density at radius 1 is 1.37 bits per heavy atom. The van der Waals surface area contributed by atoms with Gasteiger partial charge in [-0.05, 0) is 30.2 Å². The number of halogens is 1. The van der Waals surface area contributed by atoms with Crippen LogP contribution in [0, 0.1) is 0 Å². The lowest BCUT2D eigenvalue weighted by molar-refractivity contribution is -0.0196. The van der Waals surface area contributed by atoms with Crippen molar-refractivity contribution in [3.05, 3.63) is 28.2 Å². The van der Waals surface area contributed by atoms with Crippen LogP contribution in [0.4, 0.5) is 4.79 Å². The molecule has 2 heterocycles. The highest BCUT2D eigenvalue weighted by atomic mass is 79.9. The zero-order valence-electron chi connectivity index (χ0n) is 16.9. The summed E-state index contributed by atoms with van der Waals surface area (Å²) in [6.07, 6.45) is 2.45. The van der Waals surface area contributed by atoms with Crippen LogP contribution in [0.1, 0.15) is 58.4 Å². The summed E-state index contributed by atoms with van der Waals surface area (Å²) in [4.78, 5) is 13.6. The highest BCUT2D eigenvalue weighted by Gasteiger charge is 2.45. The van der Waals surface area contributed by atoms with E-state index >= 15 is 0 Å². The number of thioether (sulfide) groups is 1. The van der Waals surface area contributed by atoms with Gasteiger partial charge in [-0.15, -0.1) is 0 Å². The monoisotopic (exact) mass is 455 g/mol. The zero-order chi connectivity index (χ0) is 19.8. The predicted octanol–water partition coefficient (Wildman–Crippen LogP) is 5.84. The summed E-state index contributed by atoms with van der Waals surface area (Å²) < 4.78 is 12.8. The van der Waals surface area contributed by atoms with Gasteiger partial charge in [0.2, 0.25) is 0 Å². The number of hydrogen-bond acceptors (Lipinski definition) is 4. The molecule has 0 bridgehead atoms. The van der Waals surface area contributed by atoms with Crippen LogP contribution in [0.3, 0.4) is 0 Å². The summed E-state index contributed by atoms with van der Waals surface area (Å²) in [6.45, 7) is 10.5. The molecule has 1 saturated heterocycles. The van der Waals surface area contributed by atoms with Crippen molar-refractivity contribution in [3.8, 4) is 5.75 Å². The van der Waals surface area contributed by atoms with Crippen molar-refractivity contribution in [1.82, 2.24) is 4.90 Å². The molecule has 0 radical (unpaired) electrons. The summed E-state index contributed by atoms with van der Waals surface area (Å²) in [5.41, 5.74) is 1.11. The standard InChI is InChI=1S/C21H30BrNO3S/c1-14(27-20(2,3)4)17-13-21(8-10-23(11-9-21)19(24)25-5)26-18-7-6-15(22)12-16(17)18/h6-7,12,14,17H,8-11,13H2,1-5H3. The molecule has 1 amide bonds. The topological polar surface area (TPSA) is 38.8 Å². The Labute approximate surface area is 175 Å². The number of hydrogen-bond donors (Lipinski definition) is 0. The molecule has 2 aliphatic rings. The first-order chi connectivity index (χ1) is 12.6. The number of fused-ring (bicyclic) bond motifs is 1. The molecule has 1 fully saturated rings. The van der Waals surface area contributed by atoms with Gasteiger partial charge >= 0.3 is 6.09 Å². The van der Waals surface area contributed by atoms with Gasteiger partial charge in [-0.1, -0.05) is 43.6 Å². The molecular weight excluding hydrogens is 426 g/mol. The van der Waals surface area contributed by atoms with Crippen LogP contribution in [0.2, 0.25) is 0 Å². The van der Waals surface area contributed by atoms with E-state index in [1.54, 1.807) is 4.90 Å². The van der Waals surface area contributed by atoms with Crippen LogP contribution >= 0.6 is 27.7 Å². The highest BCUT2D eigenvalue weighted by Crippen LogP contribution is 2.50. The molecule has 0 saturated carbocycles. The van der Waals surface area contributed by atoms with Gasteiger partial charge in [0.25, 0.3) is 0 Å². The average molecular weight is 456 g/mol. The first kappa shape index (κ1) is 20.8. The molecule has 0 aromatic heterocycles. The Hall–Kier alpha value is -0.880. The Balaban J connectivity index is 1.86. The highest BCUT2D eigenvalue weighted by molar-refractivity contribution is 9.10. The molecule has 2 aliphatic heterocycles. The van der Waals surface area contributed by atoms with Crippen molar-refractivity contribution in [2.24, 2.45) is 0 Å². The summed E-state index contributed by atoms with van der Waals surface area (Å²) in [7, 11) is 1.44. The number of carbonyl (C=O) groups is 1. The number of amides is 1. The smallest absolute Gasteiger partial charge is 0.409 e. The van der Waals surface area contributed by atoms with Gasteiger partial charge in [0.15, 0.2) is 0 Å². The first-order valence-electron chi connectivity index (χ1n) is 9.62. The summed E-state index contributed by atoms with van der Waals surface area (Å²) in [5.74, 6) is 1.43. The van der Waals surface area contributed by atoms with Crippen LogP contribution in [-0.4, -0.2) is 46.8 Å². The second kappa shape index (κ2) is 7.86. The fourth-order valence-electron chi connectivity index (χ4n) is 4.28. The number of likely N-dealkylation sites (tertiary alicyclic amines) is 1. The lowest BCUT2D eigenvalue weighted by Gasteiger charge is -2.48. The third-order valence-electron chi connectivity index (χ3n) is 5.50. The number of piperidine rings is 1. The SMILES string of the molecule is COC(=O)N1CCC2(CC1)CC(C(C)SC(C)(C)C)c1cc(Br)ccc1O2. The molecule has 1 aromatic rings. The Bertz CT molecular complexity index is 695. The molecule has 3 rings (SSSR count). The van der Waals surface area contributed by atoms with Crippen LogP contribution in [0.25, 0.3) is 0 Å². The minimum atomic E-state index is -0.238. The number of nitrogens with zero attached hydrogens (tertiary/aromatic N) is 1. The minimum absolute atomic E-state index is 0.192. The molecule has 6 heteroatoms. The van der Waals surface area contributed by atoms with Crippen molar-refractivity contribution in [1.29, 1.82) is 0 Å². The molecule has 27 heavy (non-hydrogen) atoms. The molecule has 2 atom stereocenters. The number of ether oxygens (including phenoxy) is 2. The Morgan fingerprint density at radius 3 is 2.63 bits per heavy atom. The van der Waals surface area contributed by atoms with Crippen LogP contribution in [-0.2, 0) is 4.74 Å². The predicted molar refractivity (Wildman–Crippen MR) is 115 cm³/mol. The van der Waals surface area contributed by atoms with Crippen LogP contribution in [0.15, 0.2) is 22.7 Å². The number of methoxy groups -OCH3 is 1. The van der Waals surface area contributed by atoms with E-state index in [4.69, 9.17) is 9.47 Å². The molecule has 4 nitrogen and oxygen atoms in total. The largest absolute Gasteiger partial charge is 0.487 e. The fourth-order valence-corrected chi connectivity index (χ4v) is 6.18. The van der Waals surface area contributed by atoms with E-state index in [1.807, 2.05) is 11.8 Å². The van der Waals surface area contributed by atoms with Gasteiger partial charge in [0, 0.05) is 46.3 Å². The van der Waals surface area contributed by atoms with Gasteiger partial charge < -0.3 is 14.4 Å². The van der Waals surface area contributed by atoms with Crippen molar-refractivity contribution in [3.63, 3.8) is 0 Å². The fraction of sp³-hybridized carbons (Fsp3) is 0.667. The van der Waals surface area contributed by atoms with E-state index in [1.165, 1.54) is 12.7 Å². The third kappa shape index (κ3) is 4.76. The molecule has 0 aliphatic carbocycles. The lowest BCUT2D eigenvalue weighted by Crippen LogP contribution is -2.52. The van der Waals surface area contributed by atoms with Gasteiger partial charge in [0.05, 0.1) is 7.11 Å². The maximum absolute atomic E-state index is 11.9. The Kier molecular flexibility index (Phi) is 6.07. The second-order valence-electron chi connectivity index (χ2n) is 8.67. The number of carbonyl (C=O) groups excluding carboxylic acids is 1. The van der Waals surface area contributed by atoms with Gasteiger partial charge in [-0.25, -0.2) is 4.79 Å². The molecule has 1 aromatic carbocycles. The van der Waals surface area contributed by atoms with E-state index < -0.39 is 0 Å². The normalized spacial score (nSPS) is 22.7. The van der Waals surface area contributed by atoms with Crippen LogP contribution < -0.4 is 4.74 Å². The number of rotatable bonds is 2.